The molecule has 216 valence electrons. The van der Waals surface area contributed by atoms with Gasteiger partial charge in [0.25, 0.3) is 0 Å². The molecular weight excluding hydrogens is 508 g/mol. The van der Waals surface area contributed by atoms with Crippen LogP contribution in [-0.2, 0) is 4.79 Å². The molecule has 0 aliphatic carbocycles. The Balaban J connectivity index is 1.47. The molecule has 1 heterocycles. The molecule has 0 bridgehead atoms. The number of unbranched alkanes of at least 4 members (excludes halogenated alkanes) is 11. The van der Waals surface area contributed by atoms with Crippen LogP contribution in [0.15, 0.2) is 57.8 Å². The van der Waals surface area contributed by atoms with E-state index in [2.05, 4.69) is 19.1 Å². The summed E-state index contributed by atoms with van der Waals surface area (Å²) >= 11 is 0. The van der Waals surface area contributed by atoms with Crippen LogP contribution in [0.2, 0.25) is 0 Å². The Labute approximate surface area is 236 Å². The van der Waals surface area contributed by atoms with Crippen LogP contribution in [-0.4, -0.2) is 21.3 Å². The molecule has 0 saturated carbocycles. The minimum Gasteiger partial charge on any atom is -0.508 e. The molecule has 7 nitrogen and oxygen atoms in total. The van der Waals surface area contributed by atoms with Crippen molar-refractivity contribution in [1.29, 1.82) is 0 Å². The maximum absolute atomic E-state index is 13.2. The normalized spacial score (nSPS) is 11.4. The standard InChI is InChI=1S/C33H42O7/c1-2-3-4-5-6-7-8-9-10-11-12-13-14-15-16-17-29(37)40-33-31(38)30-27(36)22-26(35)23-28(30)39-32(33)24-18-20-25(34)21-19-24/h9-10,18-23,34-36H,2-8,11-17H2,1H3/b10-9-. The lowest BCUT2D eigenvalue weighted by atomic mass is 10.1. The van der Waals surface area contributed by atoms with Crippen molar-refractivity contribution in [2.75, 3.05) is 0 Å². The van der Waals surface area contributed by atoms with Crippen molar-refractivity contribution in [3.05, 3.63) is 58.8 Å². The van der Waals surface area contributed by atoms with Gasteiger partial charge in [0.15, 0.2) is 5.76 Å². The van der Waals surface area contributed by atoms with E-state index < -0.39 is 17.1 Å². The van der Waals surface area contributed by atoms with Gasteiger partial charge in [-0.1, -0.05) is 70.4 Å². The molecule has 0 unspecified atom stereocenters. The van der Waals surface area contributed by atoms with Crippen molar-refractivity contribution in [3.8, 4) is 34.3 Å². The Morgan fingerprint density at radius 3 is 2.05 bits per heavy atom. The number of hydrogen-bond donors (Lipinski definition) is 3. The summed E-state index contributed by atoms with van der Waals surface area (Å²) in [6.07, 6.45) is 19.7. The minimum absolute atomic E-state index is 0.0184. The van der Waals surface area contributed by atoms with E-state index >= 15 is 0 Å². The predicted octanol–water partition coefficient (Wildman–Crippen LogP) is 8.52. The van der Waals surface area contributed by atoms with E-state index in [1.54, 1.807) is 0 Å². The first-order valence-corrected chi connectivity index (χ1v) is 14.6. The van der Waals surface area contributed by atoms with E-state index in [1.165, 1.54) is 75.3 Å². The number of rotatable bonds is 17. The molecule has 0 amide bonds. The van der Waals surface area contributed by atoms with Crippen LogP contribution in [0.4, 0.5) is 0 Å². The number of aromatic hydroxyl groups is 3. The van der Waals surface area contributed by atoms with Crippen LogP contribution in [0.5, 0.6) is 23.0 Å². The number of carbonyl (C=O) groups is 1. The lowest BCUT2D eigenvalue weighted by Crippen LogP contribution is -2.16. The molecule has 7 heteroatoms. The average Bonchev–Trinajstić information content (AvgIpc) is 2.92. The number of ether oxygens (including phenoxy) is 1. The van der Waals surface area contributed by atoms with Gasteiger partial charge in [-0.25, -0.2) is 0 Å². The number of benzene rings is 2. The third-order valence-corrected chi connectivity index (χ3v) is 6.91. The molecule has 0 aliphatic rings. The Kier molecular flexibility index (Phi) is 12.6. The monoisotopic (exact) mass is 550 g/mol. The Hall–Kier alpha value is -3.74. The maximum Gasteiger partial charge on any atom is 0.311 e. The summed E-state index contributed by atoms with van der Waals surface area (Å²) in [4.78, 5) is 25.9. The fourth-order valence-corrected chi connectivity index (χ4v) is 4.67. The predicted molar refractivity (Wildman–Crippen MR) is 158 cm³/mol. The van der Waals surface area contributed by atoms with Crippen LogP contribution in [0.1, 0.15) is 96.8 Å². The summed E-state index contributed by atoms with van der Waals surface area (Å²) in [5, 5.41) is 29.5. The zero-order valence-corrected chi connectivity index (χ0v) is 23.5. The number of hydrogen-bond acceptors (Lipinski definition) is 7. The Bertz CT molecular complexity index is 1310. The second-order valence-corrected chi connectivity index (χ2v) is 10.3. The van der Waals surface area contributed by atoms with Crippen molar-refractivity contribution in [1.82, 2.24) is 0 Å². The third-order valence-electron chi connectivity index (χ3n) is 6.91. The quantitative estimate of drug-likeness (QED) is 0.0876. The zero-order valence-electron chi connectivity index (χ0n) is 23.5. The summed E-state index contributed by atoms with van der Waals surface area (Å²) in [5.74, 6) is -1.67. The van der Waals surface area contributed by atoms with Crippen LogP contribution < -0.4 is 10.2 Å². The highest BCUT2D eigenvalue weighted by Gasteiger charge is 2.23. The van der Waals surface area contributed by atoms with Gasteiger partial charge in [0.2, 0.25) is 11.2 Å². The fraction of sp³-hybridized carbons (Fsp3) is 0.455. The van der Waals surface area contributed by atoms with E-state index in [-0.39, 0.29) is 40.4 Å². The summed E-state index contributed by atoms with van der Waals surface area (Å²) < 4.78 is 11.3. The highest BCUT2D eigenvalue weighted by atomic mass is 16.5. The van der Waals surface area contributed by atoms with E-state index in [1.807, 2.05) is 0 Å². The second kappa shape index (κ2) is 16.4. The van der Waals surface area contributed by atoms with E-state index in [0.29, 0.717) is 12.0 Å². The van der Waals surface area contributed by atoms with Gasteiger partial charge in [0, 0.05) is 24.1 Å². The molecule has 3 rings (SSSR count). The summed E-state index contributed by atoms with van der Waals surface area (Å²) in [7, 11) is 0. The molecule has 0 radical (unpaired) electrons. The molecule has 3 aromatic rings. The van der Waals surface area contributed by atoms with E-state index in [4.69, 9.17) is 9.15 Å². The van der Waals surface area contributed by atoms with Crippen molar-refractivity contribution in [2.45, 2.75) is 96.8 Å². The Morgan fingerprint density at radius 2 is 1.40 bits per heavy atom. The van der Waals surface area contributed by atoms with Gasteiger partial charge in [-0.05, 0) is 56.4 Å². The largest absolute Gasteiger partial charge is 0.508 e. The minimum atomic E-state index is -0.722. The molecule has 0 spiro atoms. The molecule has 40 heavy (non-hydrogen) atoms. The Morgan fingerprint density at radius 1 is 0.800 bits per heavy atom. The van der Waals surface area contributed by atoms with Crippen molar-refractivity contribution in [2.24, 2.45) is 0 Å². The molecule has 2 aromatic carbocycles. The zero-order chi connectivity index (χ0) is 28.7. The molecule has 1 aromatic heterocycles. The number of carbonyl (C=O) groups excluding carboxylic acids is 1. The lowest BCUT2D eigenvalue weighted by molar-refractivity contribution is -0.134. The number of phenols is 3. The topological polar surface area (TPSA) is 117 Å². The molecule has 0 atom stereocenters. The molecule has 0 saturated heterocycles. The number of esters is 1. The second-order valence-electron chi connectivity index (χ2n) is 10.3. The first-order chi connectivity index (χ1) is 19.4. The number of allylic oxidation sites excluding steroid dienone is 2. The van der Waals surface area contributed by atoms with Gasteiger partial charge in [0.1, 0.15) is 28.2 Å². The first kappa shape index (κ1) is 30.8. The van der Waals surface area contributed by atoms with Crippen molar-refractivity contribution >= 4 is 16.9 Å². The average molecular weight is 551 g/mol. The number of phenolic OH excluding ortho intramolecular Hbond substituents is 3. The smallest absolute Gasteiger partial charge is 0.311 e. The van der Waals surface area contributed by atoms with Crippen LogP contribution in [0.3, 0.4) is 0 Å². The SMILES string of the molecule is CCCCCCCC/C=C\CCCCCCCC(=O)Oc1c(-c2ccc(O)cc2)oc2cc(O)cc(O)c2c1=O. The summed E-state index contributed by atoms with van der Waals surface area (Å²) in [6, 6.07) is 8.09. The van der Waals surface area contributed by atoms with Crippen molar-refractivity contribution in [3.63, 3.8) is 0 Å². The summed E-state index contributed by atoms with van der Waals surface area (Å²) in [5.41, 5.74) is -0.384. The van der Waals surface area contributed by atoms with Crippen molar-refractivity contribution < 1.29 is 29.3 Å². The third kappa shape index (κ3) is 9.47. The summed E-state index contributed by atoms with van der Waals surface area (Å²) in [6.45, 7) is 2.24. The molecular formula is C33H42O7. The van der Waals surface area contributed by atoms with Crippen LogP contribution >= 0.6 is 0 Å². The molecule has 0 fully saturated rings. The van der Waals surface area contributed by atoms with Gasteiger partial charge >= 0.3 is 5.97 Å². The molecule has 0 aliphatic heterocycles. The van der Waals surface area contributed by atoms with Gasteiger partial charge < -0.3 is 24.5 Å². The van der Waals surface area contributed by atoms with Gasteiger partial charge in [-0.3, -0.25) is 9.59 Å². The van der Waals surface area contributed by atoms with E-state index in [9.17, 15) is 24.9 Å². The number of fused-ring (bicyclic) bond motifs is 1. The maximum atomic E-state index is 13.2. The fourth-order valence-electron chi connectivity index (χ4n) is 4.67. The van der Waals surface area contributed by atoms with Gasteiger partial charge in [0.05, 0.1) is 0 Å². The highest BCUT2D eigenvalue weighted by molar-refractivity contribution is 5.89. The van der Waals surface area contributed by atoms with Crippen LogP contribution in [0, 0.1) is 0 Å². The van der Waals surface area contributed by atoms with Gasteiger partial charge in [-0.2, -0.15) is 0 Å². The van der Waals surface area contributed by atoms with E-state index in [0.717, 1.165) is 38.2 Å². The molecule has 3 N–H and O–H groups in total. The van der Waals surface area contributed by atoms with Crippen LogP contribution in [0.25, 0.3) is 22.3 Å². The lowest BCUT2D eigenvalue weighted by Gasteiger charge is -2.11. The first-order valence-electron chi connectivity index (χ1n) is 14.6. The van der Waals surface area contributed by atoms with Gasteiger partial charge in [-0.15, -0.1) is 0 Å². The highest BCUT2D eigenvalue weighted by Crippen LogP contribution is 2.36.